The predicted molar refractivity (Wildman–Crippen MR) is 101 cm³/mol. The van der Waals surface area contributed by atoms with Crippen LogP contribution in [0.3, 0.4) is 0 Å². The molecule has 2 aromatic carbocycles. The molecule has 0 aliphatic rings. The second kappa shape index (κ2) is 9.64. The van der Waals surface area contributed by atoms with Gasteiger partial charge >= 0.3 is 5.97 Å². The number of anilines is 1. The molecule has 2 aromatic rings. The molecule has 0 spiro atoms. The number of ketones is 2. The lowest BCUT2D eigenvalue weighted by atomic mass is 10.1. The van der Waals surface area contributed by atoms with Crippen LogP contribution < -0.4 is 5.32 Å². The van der Waals surface area contributed by atoms with Gasteiger partial charge in [0.25, 0.3) is 0 Å². The maximum Gasteiger partial charge on any atom is 0.306 e. The Morgan fingerprint density at radius 3 is 2.00 bits per heavy atom. The summed E-state index contributed by atoms with van der Waals surface area (Å²) in [5.41, 5.74) is 1.38. The fourth-order valence-electron chi connectivity index (χ4n) is 2.24. The van der Waals surface area contributed by atoms with Gasteiger partial charge in [-0.3, -0.25) is 19.2 Å². The minimum atomic E-state index is -0.625. The van der Waals surface area contributed by atoms with Gasteiger partial charge in [0.15, 0.2) is 18.2 Å². The summed E-state index contributed by atoms with van der Waals surface area (Å²) >= 11 is 5.76. The largest absolute Gasteiger partial charge is 0.457 e. The second-order valence-electron chi connectivity index (χ2n) is 5.77. The molecule has 6 nitrogen and oxygen atoms in total. The van der Waals surface area contributed by atoms with Crippen molar-refractivity contribution in [1.82, 2.24) is 0 Å². The van der Waals surface area contributed by atoms with Crippen molar-refractivity contribution in [2.45, 2.75) is 19.8 Å². The summed E-state index contributed by atoms with van der Waals surface area (Å²) in [7, 11) is 0. The smallest absolute Gasteiger partial charge is 0.306 e. The van der Waals surface area contributed by atoms with Crippen LogP contribution in [0.4, 0.5) is 5.69 Å². The first-order chi connectivity index (χ1) is 12.8. The van der Waals surface area contributed by atoms with Crippen LogP contribution in [0, 0.1) is 0 Å². The van der Waals surface area contributed by atoms with Crippen molar-refractivity contribution < 1.29 is 23.9 Å². The van der Waals surface area contributed by atoms with Gasteiger partial charge in [0.2, 0.25) is 5.91 Å². The van der Waals surface area contributed by atoms with Gasteiger partial charge in [-0.2, -0.15) is 0 Å². The number of halogens is 1. The van der Waals surface area contributed by atoms with Gasteiger partial charge in [-0.25, -0.2) is 0 Å². The molecule has 7 heteroatoms. The van der Waals surface area contributed by atoms with E-state index in [0.29, 0.717) is 21.8 Å². The zero-order valence-electron chi connectivity index (χ0n) is 14.7. The van der Waals surface area contributed by atoms with Crippen molar-refractivity contribution in [2.75, 3.05) is 11.9 Å². The second-order valence-corrected chi connectivity index (χ2v) is 6.21. The van der Waals surface area contributed by atoms with Crippen LogP contribution in [-0.2, 0) is 14.3 Å². The van der Waals surface area contributed by atoms with Crippen molar-refractivity contribution in [2.24, 2.45) is 0 Å². The Labute approximate surface area is 161 Å². The summed E-state index contributed by atoms with van der Waals surface area (Å²) in [5, 5.41) is 3.11. The van der Waals surface area contributed by atoms with Crippen LogP contribution in [0.15, 0.2) is 48.5 Å². The number of carbonyl (C=O) groups excluding carboxylic acids is 4. The molecule has 0 heterocycles. The van der Waals surface area contributed by atoms with Gasteiger partial charge in [0, 0.05) is 35.2 Å². The topological polar surface area (TPSA) is 89.5 Å². The van der Waals surface area contributed by atoms with E-state index in [4.69, 9.17) is 16.3 Å². The molecule has 2 rings (SSSR count). The number of amides is 1. The first-order valence-electron chi connectivity index (χ1n) is 8.20. The van der Waals surface area contributed by atoms with Crippen LogP contribution in [0.5, 0.6) is 0 Å². The van der Waals surface area contributed by atoms with E-state index in [1.54, 1.807) is 36.4 Å². The van der Waals surface area contributed by atoms with E-state index in [9.17, 15) is 19.2 Å². The zero-order valence-corrected chi connectivity index (χ0v) is 15.4. The van der Waals surface area contributed by atoms with Crippen LogP contribution in [0.1, 0.15) is 40.5 Å². The third-order valence-corrected chi connectivity index (χ3v) is 3.87. The highest BCUT2D eigenvalue weighted by atomic mass is 35.5. The standard InChI is InChI=1S/C20H18ClNO5/c1-13(23)22-17-8-4-15(5-9-17)19(25)12-27-20(26)11-10-18(24)14-2-6-16(21)7-3-14/h2-9H,10-12H2,1H3,(H,22,23). The van der Waals surface area contributed by atoms with Crippen LogP contribution in [0.2, 0.25) is 5.02 Å². The molecule has 0 radical (unpaired) electrons. The maximum absolute atomic E-state index is 12.0. The fraction of sp³-hybridized carbons (Fsp3) is 0.200. The van der Waals surface area contributed by atoms with E-state index in [-0.39, 0.29) is 30.3 Å². The monoisotopic (exact) mass is 387 g/mol. The van der Waals surface area contributed by atoms with E-state index < -0.39 is 12.6 Å². The molecule has 0 bridgehead atoms. The molecule has 140 valence electrons. The first kappa shape index (κ1) is 20.3. The molecular formula is C20H18ClNO5. The molecule has 1 amide bonds. The zero-order chi connectivity index (χ0) is 19.8. The molecular weight excluding hydrogens is 370 g/mol. The molecule has 0 aliphatic heterocycles. The number of Topliss-reactive ketones (excluding diaryl/α,β-unsaturated/α-hetero) is 2. The number of rotatable bonds is 8. The lowest BCUT2D eigenvalue weighted by molar-refractivity contribution is -0.142. The van der Waals surface area contributed by atoms with E-state index in [2.05, 4.69) is 5.32 Å². The number of nitrogens with one attached hydrogen (secondary N) is 1. The first-order valence-corrected chi connectivity index (χ1v) is 8.58. The number of ether oxygens (including phenoxy) is 1. The summed E-state index contributed by atoms with van der Waals surface area (Å²) < 4.78 is 4.93. The van der Waals surface area contributed by atoms with Crippen molar-refractivity contribution in [3.8, 4) is 0 Å². The number of hydrogen-bond donors (Lipinski definition) is 1. The number of esters is 1. The number of carbonyl (C=O) groups is 4. The molecule has 0 saturated heterocycles. The van der Waals surface area contributed by atoms with Gasteiger partial charge < -0.3 is 10.1 Å². The molecule has 0 unspecified atom stereocenters. The average Bonchev–Trinajstić information content (AvgIpc) is 2.65. The van der Waals surface area contributed by atoms with Crippen molar-refractivity contribution in [3.05, 3.63) is 64.7 Å². The number of hydrogen-bond acceptors (Lipinski definition) is 5. The van der Waals surface area contributed by atoms with Crippen LogP contribution >= 0.6 is 11.6 Å². The summed E-state index contributed by atoms with van der Waals surface area (Å²) in [4.78, 5) is 46.7. The Morgan fingerprint density at radius 1 is 0.852 bits per heavy atom. The van der Waals surface area contributed by atoms with Crippen molar-refractivity contribution >= 4 is 40.7 Å². The molecule has 0 saturated carbocycles. The Morgan fingerprint density at radius 2 is 1.41 bits per heavy atom. The van der Waals surface area contributed by atoms with E-state index in [0.717, 1.165) is 0 Å². The Hall–Kier alpha value is -2.99. The lowest BCUT2D eigenvalue weighted by Crippen LogP contribution is -2.15. The Kier molecular flexibility index (Phi) is 7.25. The van der Waals surface area contributed by atoms with Crippen molar-refractivity contribution in [1.29, 1.82) is 0 Å². The van der Waals surface area contributed by atoms with E-state index in [1.165, 1.54) is 19.1 Å². The molecule has 0 aliphatic carbocycles. The van der Waals surface area contributed by atoms with Gasteiger partial charge in [-0.15, -0.1) is 0 Å². The summed E-state index contributed by atoms with van der Waals surface area (Å²) in [6.45, 7) is 0.976. The SMILES string of the molecule is CC(=O)Nc1ccc(C(=O)COC(=O)CCC(=O)c2ccc(Cl)cc2)cc1. The summed E-state index contributed by atoms with van der Waals surface area (Å²) in [6, 6.07) is 12.6. The quantitative estimate of drug-likeness (QED) is 0.551. The van der Waals surface area contributed by atoms with Crippen molar-refractivity contribution in [3.63, 3.8) is 0 Å². The summed E-state index contributed by atoms with van der Waals surface area (Å²) in [6.07, 6.45) is -0.129. The lowest BCUT2D eigenvalue weighted by Gasteiger charge is -2.06. The molecule has 0 fully saturated rings. The third kappa shape index (κ3) is 6.67. The van der Waals surface area contributed by atoms with Gasteiger partial charge in [-0.05, 0) is 48.5 Å². The molecule has 1 N–H and O–H groups in total. The molecule has 0 atom stereocenters. The molecule has 0 aromatic heterocycles. The predicted octanol–water partition coefficient (Wildman–Crippen LogP) is 3.69. The van der Waals surface area contributed by atoms with Gasteiger partial charge in [0.1, 0.15) is 0 Å². The van der Waals surface area contributed by atoms with Gasteiger partial charge in [0.05, 0.1) is 6.42 Å². The fourth-order valence-corrected chi connectivity index (χ4v) is 2.37. The average molecular weight is 388 g/mol. The minimum Gasteiger partial charge on any atom is -0.457 e. The normalized spacial score (nSPS) is 10.1. The third-order valence-electron chi connectivity index (χ3n) is 3.61. The highest BCUT2D eigenvalue weighted by molar-refractivity contribution is 6.30. The Bertz CT molecular complexity index is 844. The highest BCUT2D eigenvalue weighted by Gasteiger charge is 2.13. The van der Waals surface area contributed by atoms with Gasteiger partial charge in [-0.1, -0.05) is 11.6 Å². The van der Waals surface area contributed by atoms with E-state index in [1.807, 2.05) is 0 Å². The highest BCUT2D eigenvalue weighted by Crippen LogP contribution is 2.13. The maximum atomic E-state index is 12.0. The Balaban J connectivity index is 1.77. The van der Waals surface area contributed by atoms with Crippen LogP contribution in [0.25, 0.3) is 0 Å². The summed E-state index contributed by atoms with van der Waals surface area (Å²) in [5.74, 6) is -1.41. The van der Waals surface area contributed by atoms with Crippen LogP contribution in [-0.4, -0.2) is 30.0 Å². The molecule has 27 heavy (non-hydrogen) atoms. The minimum absolute atomic E-state index is 0.0138. The number of benzene rings is 2. The van der Waals surface area contributed by atoms with E-state index >= 15 is 0 Å².